The van der Waals surface area contributed by atoms with Gasteiger partial charge in [0.25, 0.3) is 0 Å². The van der Waals surface area contributed by atoms with Gasteiger partial charge >= 0.3 is 5.69 Å². The zero-order valence-electron chi connectivity index (χ0n) is 8.55. The maximum atomic E-state index is 10.7. The fourth-order valence-corrected chi connectivity index (χ4v) is 1.55. The number of aromatic amines is 2. The molecule has 1 aromatic rings. The van der Waals surface area contributed by atoms with Gasteiger partial charge in [0.1, 0.15) is 5.82 Å². The highest BCUT2D eigenvalue weighted by Gasteiger charge is 2.06. The molecule has 0 bridgehead atoms. The number of H-pyrrole nitrogens is 2. The van der Waals surface area contributed by atoms with Gasteiger partial charge in [-0.15, -0.1) is 0 Å². The Hall–Kier alpha value is -1.10. The molecule has 0 amide bonds. The molecule has 1 heterocycles. The van der Waals surface area contributed by atoms with E-state index in [2.05, 4.69) is 22.1 Å². The summed E-state index contributed by atoms with van der Waals surface area (Å²) in [7, 11) is 0. The van der Waals surface area contributed by atoms with Crippen molar-refractivity contribution in [2.24, 2.45) is 11.7 Å². The van der Waals surface area contributed by atoms with E-state index < -0.39 is 0 Å². The normalized spacial score (nSPS) is 13.0. The van der Waals surface area contributed by atoms with Gasteiger partial charge in [-0.3, -0.25) is 4.98 Å². The van der Waals surface area contributed by atoms with Crippen LogP contribution in [0.3, 0.4) is 0 Å². The fraction of sp³-hybridized carbons (Fsp3) is 0.778. The summed E-state index contributed by atoms with van der Waals surface area (Å²) in [5, 5.41) is 6.21. The van der Waals surface area contributed by atoms with E-state index in [0.29, 0.717) is 5.92 Å². The smallest absolute Gasteiger partial charge is 0.330 e. The molecule has 80 valence electrons. The number of aromatic nitrogens is 3. The minimum atomic E-state index is -0.230. The van der Waals surface area contributed by atoms with E-state index >= 15 is 0 Å². The molecule has 0 radical (unpaired) electrons. The molecule has 0 aromatic carbocycles. The maximum Gasteiger partial charge on any atom is 0.340 e. The lowest BCUT2D eigenvalue weighted by Crippen LogP contribution is -2.09. The zero-order chi connectivity index (χ0) is 10.4. The second-order valence-corrected chi connectivity index (χ2v) is 3.51. The molecule has 0 saturated heterocycles. The molecule has 0 aliphatic heterocycles. The lowest BCUT2D eigenvalue weighted by molar-refractivity contribution is 0.439. The Kier molecular flexibility index (Phi) is 4.39. The summed E-state index contributed by atoms with van der Waals surface area (Å²) in [6.07, 6.45) is 4.03. The van der Waals surface area contributed by atoms with E-state index in [1.807, 2.05) is 0 Å². The minimum Gasteiger partial charge on any atom is -0.330 e. The van der Waals surface area contributed by atoms with Gasteiger partial charge in [0, 0.05) is 6.42 Å². The van der Waals surface area contributed by atoms with Crippen LogP contribution in [0, 0.1) is 5.92 Å². The Bertz CT molecular complexity index is 304. The van der Waals surface area contributed by atoms with Crippen LogP contribution >= 0.6 is 0 Å². The predicted molar refractivity (Wildman–Crippen MR) is 55.0 cm³/mol. The number of hydrogen-bond acceptors (Lipinski definition) is 3. The Morgan fingerprint density at radius 3 is 2.79 bits per heavy atom. The fourth-order valence-electron chi connectivity index (χ4n) is 1.55. The van der Waals surface area contributed by atoms with Crippen molar-refractivity contribution in [3.63, 3.8) is 0 Å². The van der Waals surface area contributed by atoms with E-state index in [1.165, 1.54) is 0 Å². The Morgan fingerprint density at radius 2 is 2.29 bits per heavy atom. The van der Waals surface area contributed by atoms with Crippen LogP contribution in [0.4, 0.5) is 0 Å². The molecule has 1 unspecified atom stereocenters. The number of hydrogen-bond donors (Lipinski definition) is 3. The average molecular weight is 198 g/mol. The molecule has 4 N–H and O–H groups in total. The van der Waals surface area contributed by atoms with E-state index in [-0.39, 0.29) is 5.69 Å². The molecular formula is C9H18N4O. The number of aryl methyl sites for hydroxylation is 1. The van der Waals surface area contributed by atoms with Gasteiger partial charge < -0.3 is 5.73 Å². The maximum absolute atomic E-state index is 10.7. The third-order valence-corrected chi connectivity index (χ3v) is 2.49. The van der Waals surface area contributed by atoms with Gasteiger partial charge in [-0.25, -0.2) is 9.89 Å². The van der Waals surface area contributed by atoms with E-state index in [4.69, 9.17) is 5.73 Å². The van der Waals surface area contributed by atoms with Gasteiger partial charge in [0.05, 0.1) is 0 Å². The molecule has 1 atom stereocenters. The van der Waals surface area contributed by atoms with Crippen LogP contribution in [-0.4, -0.2) is 21.7 Å². The number of nitrogens with zero attached hydrogens (tertiary/aromatic N) is 1. The van der Waals surface area contributed by atoms with Crippen molar-refractivity contribution in [2.45, 2.75) is 32.6 Å². The van der Waals surface area contributed by atoms with Gasteiger partial charge in [-0.2, -0.15) is 5.10 Å². The SMILES string of the molecule is CCC(CCN)CCc1n[nH]c(=O)[nH]1. The average Bonchev–Trinajstić information content (AvgIpc) is 2.59. The van der Waals surface area contributed by atoms with Crippen LogP contribution in [0.5, 0.6) is 0 Å². The number of nitrogens with two attached hydrogens (primary N) is 1. The van der Waals surface area contributed by atoms with Crippen molar-refractivity contribution in [1.82, 2.24) is 15.2 Å². The highest BCUT2D eigenvalue weighted by molar-refractivity contribution is 4.81. The van der Waals surface area contributed by atoms with Gasteiger partial charge in [0.2, 0.25) is 0 Å². The van der Waals surface area contributed by atoms with Crippen molar-refractivity contribution in [3.8, 4) is 0 Å². The van der Waals surface area contributed by atoms with Gasteiger partial charge in [-0.05, 0) is 25.3 Å². The molecule has 0 saturated carbocycles. The molecule has 0 aliphatic rings. The van der Waals surface area contributed by atoms with Crippen LogP contribution in [0.15, 0.2) is 4.79 Å². The summed E-state index contributed by atoms with van der Waals surface area (Å²) in [5.74, 6) is 1.38. The van der Waals surface area contributed by atoms with Crippen LogP contribution in [0.1, 0.15) is 32.0 Å². The lowest BCUT2D eigenvalue weighted by atomic mass is 9.97. The van der Waals surface area contributed by atoms with Gasteiger partial charge in [0.15, 0.2) is 0 Å². The third kappa shape index (κ3) is 3.33. The lowest BCUT2D eigenvalue weighted by Gasteiger charge is -2.11. The van der Waals surface area contributed by atoms with E-state index in [9.17, 15) is 4.79 Å². The monoisotopic (exact) mass is 198 g/mol. The molecule has 5 nitrogen and oxygen atoms in total. The molecule has 0 spiro atoms. The van der Waals surface area contributed by atoms with Crippen LogP contribution in [0.25, 0.3) is 0 Å². The molecule has 1 aromatic heterocycles. The minimum absolute atomic E-state index is 0.230. The van der Waals surface area contributed by atoms with Crippen LogP contribution in [-0.2, 0) is 6.42 Å². The van der Waals surface area contributed by atoms with Gasteiger partial charge in [-0.1, -0.05) is 13.3 Å². The summed E-state index contributed by atoms with van der Waals surface area (Å²) in [4.78, 5) is 13.4. The van der Waals surface area contributed by atoms with Crippen molar-refractivity contribution in [1.29, 1.82) is 0 Å². The van der Waals surface area contributed by atoms with Crippen LogP contribution in [0.2, 0.25) is 0 Å². The van der Waals surface area contributed by atoms with Crippen molar-refractivity contribution >= 4 is 0 Å². The van der Waals surface area contributed by atoms with Crippen LogP contribution < -0.4 is 11.4 Å². The third-order valence-electron chi connectivity index (χ3n) is 2.49. The van der Waals surface area contributed by atoms with Crippen molar-refractivity contribution in [3.05, 3.63) is 16.3 Å². The second kappa shape index (κ2) is 5.59. The van der Waals surface area contributed by atoms with E-state index in [0.717, 1.165) is 38.1 Å². The highest BCUT2D eigenvalue weighted by atomic mass is 16.1. The predicted octanol–water partition coefficient (Wildman–Crippen LogP) is 0.406. The Morgan fingerprint density at radius 1 is 1.50 bits per heavy atom. The quantitative estimate of drug-likeness (QED) is 0.618. The molecule has 0 aliphatic carbocycles. The number of nitrogens with one attached hydrogen (secondary N) is 2. The molecule has 14 heavy (non-hydrogen) atoms. The summed E-state index contributed by atoms with van der Waals surface area (Å²) in [6, 6.07) is 0. The molecule has 5 heteroatoms. The Labute approximate surface area is 83.1 Å². The Balaban J connectivity index is 2.35. The molecule has 1 rings (SSSR count). The molecule has 0 fully saturated rings. The van der Waals surface area contributed by atoms with E-state index in [1.54, 1.807) is 0 Å². The largest absolute Gasteiger partial charge is 0.340 e. The highest BCUT2D eigenvalue weighted by Crippen LogP contribution is 2.13. The van der Waals surface area contributed by atoms with Crippen molar-refractivity contribution in [2.75, 3.05) is 6.54 Å². The second-order valence-electron chi connectivity index (χ2n) is 3.51. The summed E-state index contributed by atoms with van der Waals surface area (Å²) in [6.45, 7) is 2.89. The standard InChI is InChI=1S/C9H18N4O/c1-2-7(5-6-10)3-4-8-11-9(14)13-12-8/h7H,2-6,10H2,1H3,(H2,11,12,13,14). The number of rotatable bonds is 6. The first-order valence-electron chi connectivity index (χ1n) is 5.09. The summed E-state index contributed by atoms with van der Waals surface area (Å²) < 4.78 is 0. The zero-order valence-corrected chi connectivity index (χ0v) is 8.55. The first-order chi connectivity index (χ1) is 6.76. The molecular weight excluding hydrogens is 180 g/mol. The topological polar surface area (TPSA) is 87.6 Å². The summed E-state index contributed by atoms with van der Waals surface area (Å²) >= 11 is 0. The first kappa shape index (κ1) is 11.0. The summed E-state index contributed by atoms with van der Waals surface area (Å²) in [5.41, 5.74) is 5.27. The first-order valence-corrected chi connectivity index (χ1v) is 5.09. The van der Waals surface area contributed by atoms with Crippen molar-refractivity contribution < 1.29 is 0 Å².